The summed E-state index contributed by atoms with van der Waals surface area (Å²) in [4.78, 5) is 28.1. The second-order valence-corrected chi connectivity index (χ2v) is 5.44. The molecule has 26 heavy (non-hydrogen) atoms. The molecule has 0 spiro atoms. The Hall–Kier alpha value is -3.73. The van der Waals surface area contributed by atoms with Gasteiger partial charge in [-0.05, 0) is 30.3 Å². The van der Waals surface area contributed by atoms with Crippen LogP contribution in [0.5, 0.6) is 0 Å². The summed E-state index contributed by atoms with van der Waals surface area (Å²) in [7, 11) is 0. The molecule has 0 unspecified atom stereocenters. The highest BCUT2D eigenvalue weighted by atomic mass is 19.1. The van der Waals surface area contributed by atoms with Crippen molar-refractivity contribution in [3.63, 3.8) is 0 Å². The quantitative estimate of drug-likeness (QED) is 0.748. The van der Waals surface area contributed by atoms with Gasteiger partial charge < -0.3 is 10.4 Å². The van der Waals surface area contributed by atoms with E-state index in [9.17, 15) is 19.2 Å². The number of halogens is 1. The van der Waals surface area contributed by atoms with Gasteiger partial charge in [0.1, 0.15) is 17.7 Å². The number of carbonyl (C=O) groups is 1. The topological polar surface area (TPSA) is 108 Å². The zero-order valence-electron chi connectivity index (χ0n) is 13.4. The molecule has 0 aliphatic carbocycles. The van der Waals surface area contributed by atoms with Gasteiger partial charge in [-0.3, -0.25) is 9.36 Å². The number of amides is 1. The first kappa shape index (κ1) is 17.1. The van der Waals surface area contributed by atoms with E-state index in [2.05, 4.69) is 10.3 Å². The third-order valence-corrected chi connectivity index (χ3v) is 3.78. The molecule has 130 valence electrons. The number of fused-ring (bicyclic) bond motifs is 1. The first-order valence-corrected chi connectivity index (χ1v) is 7.68. The highest BCUT2D eigenvalue weighted by Crippen LogP contribution is 2.17. The number of nitrogens with zero attached hydrogens (tertiary/aromatic N) is 3. The minimum Gasteiger partial charge on any atom is -0.465 e. The van der Waals surface area contributed by atoms with E-state index in [0.29, 0.717) is 5.52 Å². The molecule has 0 saturated carbocycles. The highest BCUT2D eigenvalue weighted by Gasteiger charge is 2.16. The van der Waals surface area contributed by atoms with Crippen LogP contribution in [0.2, 0.25) is 0 Å². The SMILES string of the molecule is N#Cc1cccc2nc(CCNC(=O)O)n(-c3cccc(F)c3)c(=O)c12. The molecular formula is C18H13FN4O3. The Balaban J connectivity index is 2.27. The van der Waals surface area contributed by atoms with Crippen LogP contribution in [0.1, 0.15) is 11.4 Å². The van der Waals surface area contributed by atoms with Crippen LogP contribution in [0.4, 0.5) is 9.18 Å². The lowest BCUT2D eigenvalue weighted by Crippen LogP contribution is -2.29. The first-order chi connectivity index (χ1) is 12.5. The van der Waals surface area contributed by atoms with Gasteiger partial charge in [0.25, 0.3) is 5.56 Å². The Bertz CT molecular complexity index is 1100. The third-order valence-electron chi connectivity index (χ3n) is 3.78. The minimum absolute atomic E-state index is 0.0283. The standard InChI is InChI=1S/C18H13FN4O3/c19-12-4-2-5-13(9-12)23-15(7-8-21-18(25)26)22-14-6-1-3-11(10-20)16(14)17(23)24/h1-6,9,21H,7-8H2,(H,25,26). The third kappa shape index (κ3) is 3.23. The summed E-state index contributed by atoms with van der Waals surface area (Å²) in [6.45, 7) is 0.0283. The van der Waals surface area contributed by atoms with Crippen molar-refractivity contribution in [2.24, 2.45) is 0 Å². The molecule has 0 aliphatic heterocycles. The van der Waals surface area contributed by atoms with Gasteiger partial charge in [-0.1, -0.05) is 12.1 Å². The summed E-state index contributed by atoms with van der Waals surface area (Å²) < 4.78 is 14.9. The minimum atomic E-state index is -1.20. The summed E-state index contributed by atoms with van der Waals surface area (Å²) in [5.74, 6) is -0.269. The van der Waals surface area contributed by atoms with Gasteiger partial charge in [0, 0.05) is 13.0 Å². The molecule has 8 heteroatoms. The largest absolute Gasteiger partial charge is 0.465 e. The molecule has 7 nitrogen and oxygen atoms in total. The zero-order valence-corrected chi connectivity index (χ0v) is 13.4. The van der Waals surface area contributed by atoms with Crippen molar-refractivity contribution in [1.29, 1.82) is 5.26 Å². The predicted molar refractivity (Wildman–Crippen MR) is 91.7 cm³/mol. The van der Waals surface area contributed by atoms with E-state index >= 15 is 0 Å². The van der Waals surface area contributed by atoms with Crippen molar-refractivity contribution in [2.75, 3.05) is 6.54 Å². The summed E-state index contributed by atoms with van der Waals surface area (Å²) in [5, 5.41) is 20.3. The van der Waals surface area contributed by atoms with Gasteiger partial charge in [-0.2, -0.15) is 5.26 Å². The van der Waals surface area contributed by atoms with E-state index in [-0.39, 0.29) is 35.4 Å². The molecule has 0 fully saturated rings. The number of nitriles is 1. The van der Waals surface area contributed by atoms with Crippen LogP contribution in [0.3, 0.4) is 0 Å². The molecule has 3 rings (SSSR count). The van der Waals surface area contributed by atoms with Crippen molar-refractivity contribution in [1.82, 2.24) is 14.9 Å². The number of hydrogen-bond acceptors (Lipinski definition) is 4. The number of aromatic nitrogens is 2. The lowest BCUT2D eigenvalue weighted by Gasteiger charge is -2.14. The number of carboxylic acid groups (broad SMARTS) is 1. The molecule has 3 aromatic rings. The maximum absolute atomic E-state index is 13.7. The summed E-state index contributed by atoms with van der Waals surface area (Å²) >= 11 is 0. The van der Waals surface area contributed by atoms with Crippen LogP contribution >= 0.6 is 0 Å². The molecule has 0 saturated heterocycles. The fraction of sp³-hybridized carbons (Fsp3) is 0.111. The van der Waals surface area contributed by atoms with Crippen LogP contribution in [0.15, 0.2) is 47.3 Å². The maximum atomic E-state index is 13.7. The Labute approximate surface area is 147 Å². The van der Waals surface area contributed by atoms with Crippen molar-refractivity contribution in [3.8, 4) is 11.8 Å². The van der Waals surface area contributed by atoms with Gasteiger partial charge in [-0.25, -0.2) is 14.2 Å². The Kier molecular flexibility index (Phi) is 4.62. The van der Waals surface area contributed by atoms with Crippen molar-refractivity contribution in [2.45, 2.75) is 6.42 Å². The van der Waals surface area contributed by atoms with Crippen LogP contribution < -0.4 is 10.9 Å². The predicted octanol–water partition coefficient (Wildman–Crippen LogP) is 2.21. The van der Waals surface area contributed by atoms with Crippen LogP contribution in [-0.2, 0) is 6.42 Å². The van der Waals surface area contributed by atoms with Crippen LogP contribution in [-0.4, -0.2) is 27.3 Å². The summed E-state index contributed by atoms with van der Waals surface area (Å²) in [6, 6.07) is 12.1. The second kappa shape index (κ2) is 7.03. The molecule has 2 aromatic carbocycles. The van der Waals surface area contributed by atoms with Gasteiger partial charge >= 0.3 is 6.09 Å². The van der Waals surface area contributed by atoms with Gasteiger partial charge in [0.2, 0.25) is 0 Å². The number of benzene rings is 2. The number of nitrogens with one attached hydrogen (secondary N) is 1. The van der Waals surface area contributed by atoms with Crippen LogP contribution in [0.25, 0.3) is 16.6 Å². The zero-order chi connectivity index (χ0) is 18.7. The Morgan fingerprint density at radius 2 is 2.08 bits per heavy atom. The van der Waals surface area contributed by atoms with E-state index in [1.165, 1.54) is 28.8 Å². The summed E-state index contributed by atoms with van der Waals surface area (Å²) in [6.07, 6.45) is -1.08. The second-order valence-electron chi connectivity index (χ2n) is 5.44. The Morgan fingerprint density at radius 1 is 1.31 bits per heavy atom. The average Bonchev–Trinajstić information content (AvgIpc) is 2.61. The van der Waals surface area contributed by atoms with E-state index in [1.807, 2.05) is 6.07 Å². The highest BCUT2D eigenvalue weighted by molar-refractivity contribution is 5.84. The van der Waals surface area contributed by atoms with Crippen molar-refractivity contribution < 1.29 is 14.3 Å². The lowest BCUT2D eigenvalue weighted by atomic mass is 10.1. The van der Waals surface area contributed by atoms with E-state index in [0.717, 1.165) is 0 Å². The number of rotatable bonds is 4. The van der Waals surface area contributed by atoms with Gasteiger partial charge in [0.05, 0.1) is 22.2 Å². The van der Waals surface area contributed by atoms with Crippen molar-refractivity contribution >= 4 is 17.0 Å². The maximum Gasteiger partial charge on any atom is 0.404 e. The van der Waals surface area contributed by atoms with Crippen LogP contribution in [0, 0.1) is 17.1 Å². The van der Waals surface area contributed by atoms with E-state index in [4.69, 9.17) is 5.11 Å². The molecule has 1 heterocycles. The molecule has 0 aliphatic rings. The fourth-order valence-electron chi connectivity index (χ4n) is 2.70. The molecule has 0 bridgehead atoms. The smallest absolute Gasteiger partial charge is 0.404 e. The molecule has 0 radical (unpaired) electrons. The normalized spacial score (nSPS) is 10.5. The average molecular weight is 352 g/mol. The molecule has 1 aromatic heterocycles. The molecule has 1 amide bonds. The van der Waals surface area contributed by atoms with Crippen molar-refractivity contribution in [3.05, 3.63) is 70.0 Å². The first-order valence-electron chi connectivity index (χ1n) is 7.68. The van der Waals surface area contributed by atoms with E-state index in [1.54, 1.807) is 18.2 Å². The lowest BCUT2D eigenvalue weighted by molar-refractivity contribution is 0.194. The molecule has 0 atom stereocenters. The molecule has 2 N–H and O–H groups in total. The number of hydrogen-bond donors (Lipinski definition) is 2. The van der Waals surface area contributed by atoms with Gasteiger partial charge in [0.15, 0.2) is 0 Å². The van der Waals surface area contributed by atoms with E-state index < -0.39 is 17.5 Å². The monoisotopic (exact) mass is 352 g/mol. The summed E-state index contributed by atoms with van der Waals surface area (Å²) in [5.41, 5.74) is 0.234. The molecular weight excluding hydrogens is 339 g/mol. The fourth-order valence-corrected chi connectivity index (χ4v) is 2.70. The Morgan fingerprint density at radius 3 is 2.77 bits per heavy atom. The van der Waals surface area contributed by atoms with Gasteiger partial charge in [-0.15, -0.1) is 0 Å².